The number of alkyl halides is 3. The van der Waals surface area contributed by atoms with Crippen LogP contribution in [0.25, 0.3) is 0 Å². The Balaban J connectivity index is 2.04. The van der Waals surface area contributed by atoms with E-state index in [0.717, 1.165) is 12.8 Å². The quantitative estimate of drug-likeness (QED) is 0.848. The number of halogens is 3. The van der Waals surface area contributed by atoms with Gasteiger partial charge in [-0.05, 0) is 19.8 Å². The number of carbonyl (C=O) groups is 1. The second kappa shape index (κ2) is 4.48. The largest absolute Gasteiger partial charge is 0.480 e. The summed E-state index contributed by atoms with van der Waals surface area (Å²) in [5.41, 5.74) is -3.05. The van der Waals surface area contributed by atoms with E-state index in [9.17, 15) is 18.0 Å². The zero-order chi connectivity index (χ0) is 14.3. The van der Waals surface area contributed by atoms with Crippen LogP contribution in [0, 0.1) is 0 Å². The molecule has 106 valence electrons. The number of hydrogen-bond donors (Lipinski definition) is 2. The van der Waals surface area contributed by atoms with Gasteiger partial charge in [0.2, 0.25) is 11.4 Å². The smallest absolute Gasteiger partial charge is 0.417 e. The molecule has 1 atom stereocenters. The molecule has 1 heterocycles. The highest BCUT2D eigenvalue weighted by Gasteiger charge is 2.57. The fraction of sp³-hybridized carbons (Fsp3) is 0.700. The molecule has 19 heavy (non-hydrogen) atoms. The van der Waals surface area contributed by atoms with Gasteiger partial charge in [0.1, 0.15) is 0 Å². The molecule has 2 rings (SSSR count). The van der Waals surface area contributed by atoms with Crippen LogP contribution < -0.4 is 5.32 Å². The molecule has 0 radical (unpaired) electrons. The molecule has 1 unspecified atom stereocenters. The summed E-state index contributed by atoms with van der Waals surface area (Å²) in [5.74, 6) is -1.40. The third-order valence-electron chi connectivity index (χ3n) is 3.01. The molecular formula is C10H12F3N3O3. The minimum Gasteiger partial charge on any atom is -0.480 e. The van der Waals surface area contributed by atoms with Crippen LogP contribution in [-0.2, 0) is 11.3 Å². The number of aliphatic carboxylic acids is 1. The van der Waals surface area contributed by atoms with Crippen molar-refractivity contribution in [3.05, 3.63) is 11.7 Å². The van der Waals surface area contributed by atoms with E-state index >= 15 is 0 Å². The van der Waals surface area contributed by atoms with Gasteiger partial charge in [0.05, 0.1) is 6.54 Å². The van der Waals surface area contributed by atoms with Crippen LogP contribution in [0.5, 0.6) is 0 Å². The lowest BCUT2D eigenvalue weighted by atomic mass is 10.0. The average Bonchev–Trinajstić information content (AvgIpc) is 3.04. The number of nitrogens with one attached hydrogen (secondary N) is 1. The van der Waals surface area contributed by atoms with E-state index in [-0.39, 0.29) is 11.8 Å². The van der Waals surface area contributed by atoms with Crippen molar-refractivity contribution in [2.75, 3.05) is 0 Å². The van der Waals surface area contributed by atoms with E-state index in [1.54, 1.807) is 0 Å². The normalized spacial score (nSPS) is 19.2. The third-order valence-corrected chi connectivity index (χ3v) is 3.01. The minimum atomic E-state index is -4.93. The maximum absolute atomic E-state index is 12.7. The van der Waals surface area contributed by atoms with Gasteiger partial charge in [-0.25, -0.2) is 4.79 Å². The maximum Gasteiger partial charge on any atom is 0.417 e. The average molecular weight is 279 g/mol. The fourth-order valence-corrected chi connectivity index (χ4v) is 1.40. The lowest BCUT2D eigenvalue weighted by Crippen LogP contribution is -2.59. The number of carboxylic acids is 1. The van der Waals surface area contributed by atoms with Crippen molar-refractivity contribution in [3.8, 4) is 0 Å². The predicted octanol–water partition coefficient (Wildman–Crippen LogP) is 1.44. The first-order valence-electron chi connectivity index (χ1n) is 5.61. The van der Waals surface area contributed by atoms with Crippen LogP contribution in [0.1, 0.15) is 37.4 Å². The summed E-state index contributed by atoms with van der Waals surface area (Å²) in [7, 11) is 0. The highest BCUT2D eigenvalue weighted by Crippen LogP contribution is 2.38. The van der Waals surface area contributed by atoms with E-state index < -0.39 is 24.2 Å². The molecule has 0 spiro atoms. The molecule has 1 aromatic heterocycles. The van der Waals surface area contributed by atoms with Crippen LogP contribution in [0.4, 0.5) is 13.2 Å². The lowest BCUT2D eigenvalue weighted by Gasteiger charge is -2.27. The van der Waals surface area contributed by atoms with Gasteiger partial charge in [0.25, 0.3) is 0 Å². The molecule has 6 nitrogen and oxygen atoms in total. The molecule has 0 aromatic carbocycles. The molecule has 1 saturated carbocycles. The number of hydrogen-bond acceptors (Lipinski definition) is 5. The number of nitrogens with zero attached hydrogens (tertiary/aromatic N) is 2. The van der Waals surface area contributed by atoms with Crippen LogP contribution in [0.15, 0.2) is 4.52 Å². The van der Waals surface area contributed by atoms with Crippen molar-refractivity contribution in [1.82, 2.24) is 15.5 Å². The number of rotatable bonds is 5. The molecule has 2 N–H and O–H groups in total. The Morgan fingerprint density at radius 2 is 2.16 bits per heavy atom. The first kappa shape index (κ1) is 13.8. The van der Waals surface area contributed by atoms with E-state index in [4.69, 9.17) is 9.63 Å². The van der Waals surface area contributed by atoms with Gasteiger partial charge >= 0.3 is 12.1 Å². The van der Waals surface area contributed by atoms with E-state index in [1.807, 2.05) is 5.32 Å². The van der Waals surface area contributed by atoms with Crippen molar-refractivity contribution in [2.24, 2.45) is 0 Å². The molecule has 1 fully saturated rings. The van der Waals surface area contributed by atoms with Crippen LogP contribution in [0.2, 0.25) is 0 Å². The van der Waals surface area contributed by atoms with Crippen molar-refractivity contribution in [3.63, 3.8) is 0 Å². The summed E-state index contributed by atoms with van der Waals surface area (Å²) in [4.78, 5) is 14.7. The van der Waals surface area contributed by atoms with E-state index in [1.165, 1.54) is 0 Å². The molecular weight excluding hydrogens is 267 g/mol. The van der Waals surface area contributed by atoms with Gasteiger partial charge < -0.3 is 9.63 Å². The standard InChI is InChI=1S/C10H12F3N3O3/c1-9(8(17)18,10(11,12)13)14-4-6-15-7(16-19-6)5-2-3-5/h5,14H,2-4H2,1H3,(H,17,18). The van der Waals surface area contributed by atoms with Gasteiger partial charge in [-0.3, -0.25) is 5.32 Å². The molecule has 0 bridgehead atoms. The van der Waals surface area contributed by atoms with E-state index in [2.05, 4.69) is 10.1 Å². The molecule has 1 aromatic rings. The first-order chi connectivity index (χ1) is 8.74. The van der Waals surface area contributed by atoms with Crippen molar-refractivity contribution in [2.45, 2.75) is 43.9 Å². The first-order valence-corrected chi connectivity index (χ1v) is 5.61. The Kier molecular flexibility index (Phi) is 3.25. The monoisotopic (exact) mass is 279 g/mol. The highest BCUT2D eigenvalue weighted by atomic mass is 19.4. The van der Waals surface area contributed by atoms with Crippen LogP contribution in [0.3, 0.4) is 0 Å². The summed E-state index contributed by atoms with van der Waals surface area (Å²) >= 11 is 0. The summed E-state index contributed by atoms with van der Waals surface area (Å²) in [5, 5.41) is 14.2. The summed E-state index contributed by atoms with van der Waals surface area (Å²) in [6.07, 6.45) is -3.07. The molecule has 1 aliphatic rings. The van der Waals surface area contributed by atoms with Gasteiger partial charge in [0, 0.05) is 5.92 Å². The summed E-state index contributed by atoms with van der Waals surface area (Å²) < 4.78 is 42.8. The SMILES string of the molecule is CC(NCc1nc(C2CC2)no1)(C(=O)O)C(F)(F)F. The molecule has 9 heteroatoms. The Morgan fingerprint density at radius 3 is 2.63 bits per heavy atom. The topological polar surface area (TPSA) is 88.3 Å². The Bertz CT molecular complexity index is 484. The Morgan fingerprint density at radius 1 is 1.53 bits per heavy atom. The predicted molar refractivity (Wildman–Crippen MR) is 55.2 cm³/mol. The lowest BCUT2D eigenvalue weighted by molar-refractivity contribution is -0.206. The van der Waals surface area contributed by atoms with Crippen molar-refractivity contribution in [1.29, 1.82) is 0 Å². The van der Waals surface area contributed by atoms with Crippen LogP contribution >= 0.6 is 0 Å². The van der Waals surface area contributed by atoms with Gasteiger partial charge in [-0.2, -0.15) is 18.2 Å². The molecule has 1 aliphatic carbocycles. The molecule has 0 saturated heterocycles. The summed E-state index contributed by atoms with van der Waals surface area (Å²) in [6, 6.07) is 0. The number of carboxylic acid groups (broad SMARTS) is 1. The highest BCUT2D eigenvalue weighted by molar-refractivity contribution is 5.79. The fourth-order valence-electron chi connectivity index (χ4n) is 1.40. The van der Waals surface area contributed by atoms with Crippen molar-refractivity contribution >= 4 is 5.97 Å². The second-order valence-corrected chi connectivity index (χ2v) is 4.60. The number of aromatic nitrogens is 2. The van der Waals surface area contributed by atoms with Gasteiger partial charge in [-0.1, -0.05) is 5.16 Å². The zero-order valence-electron chi connectivity index (χ0n) is 9.99. The zero-order valence-corrected chi connectivity index (χ0v) is 9.99. The van der Waals surface area contributed by atoms with Gasteiger partial charge in [0.15, 0.2) is 5.82 Å². The Labute approximate surface area is 106 Å². The van der Waals surface area contributed by atoms with Gasteiger partial charge in [-0.15, -0.1) is 0 Å². The van der Waals surface area contributed by atoms with E-state index in [0.29, 0.717) is 12.7 Å². The molecule has 0 aliphatic heterocycles. The third kappa shape index (κ3) is 2.70. The summed E-state index contributed by atoms with van der Waals surface area (Å²) in [6.45, 7) is 0.0928. The van der Waals surface area contributed by atoms with Crippen LogP contribution in [-0.4, -0.2) is 32.9 Å². The molecule has 0 amide bonds. The maximum atomic E-state index is 12.7. The van der Waals surface area contributed by atoms with Crippen molar-refractivity contribution < 1.29 is 27.6 Å². The Hall–Kier alpha value is -1.64. The second-order valence-electron chi connectivity index (χ2n) is 4.60. The minimum absolute atomic E-state index is 0.0568.